The van der Waals surface area contributed by atoms with Crippen molar-refractivity contribution in [2.24, 2.45) is 0 Å². The number of nitrogens with zero attached hydrogens (tertiary/aromatic N) is 3. The van der Waals surface area contributed by atoms with Crippen LogP contribution in [0.4, 0.5) is 5.82 Å². The Bertz CT molecular complexity index is 1020. The van der Waals surface area contributed by atoms with Gasteiger partial charge in [0.2, 0.25) is 10.0 Å². The fraction of sp³-hybridized carbons (Fsp3) is 0.478. The van der Waals surface area contributed by atoms with Crippen molar-refractivity contribution in [3.63, 3.8) is 0 Å². The molecule has 1 aromatic carbocycles. The molecule has 1 amide bonds. The van der Waals surface area contributed by atoms with Crippen LogP contribution < -0.4 is 10.2 Å². The van der Waals surface area contributed by atoms with Crippen LogP contribution in [0.2, 0.25) is 0 Å². The van der Waals surface area contributed by atoms with Crippen molar-refractivity contribution >= 4 is 21.7 Å². The number of piperidine rings is 1. The molecule has 172 valence electrons. The number of rotatable bonds is 6. The van der Waals surface area contributed by atoms with Crippen molar-refractivity contribution in [2.45, 2.75) is 43.7 Å². The van der Waals surface area contributed by atoms with Crippen LogP contribution in [0.3, 0.4) is 0 Å². The zero-order chi connectivity index (χ0) is 22.6. The first-order valence-electron chi connectivity index (χ1n) is 11.1. The third kappa shape index (κ3) is 5.11. The number of hydrogen-bond acceptors (Lipinski definition) is 6. The maximum Gasteiger partial charge on any atom is 0.251 e. The number of nitrogens with one attached hydrogen (secondary N) is 1. The standard InChI is InChI=1S/C23H30N4O4S/c1-18-4-2-3-11-27(18)32(29,30)21-8-6-20(7-9-21)23(28)25-17-19-5-10-22(24-16-19)26-12-14-31-15-13-26/h5-10,16,18H,2-4,11-15,17H2,1H3,(H,25,28)/t18-/m1/s1. The number of morpholine rings is 1. The molecule has 0 radical (unpaired) electrons. The van der Waals surface area contributed by atoms with Gasteiger partial charge in [0, 0.05) is 44.0 Å². The van der Waals surface area contributed by atoms with Crippen molar-refractivity contribution in [3.8, 4) is 0 Å². The van der Waals surface area contributed by atoms with Crippen LogP contribution in [-0.4, -0.2) is 62.5 Å². The Morgan fingerprint density at radius 3 is 2.50 bits per heavy atom. The van der Waals surface area contributed by atoms with Gasteiger partial charge < -0.3 is 15.0 Å². The van der Waals surface area contributed by atoms with Gasteiger partial charge in [0.25, 0.3) is 5.91 Å². The Balaban J connectivity index is 1.35. The van der Waals surface area contributed by atoms with Crippen LogP contribution in [0.5, 0.6) is 0 Å². The summed E-state index contributed by atoms with van der Waals surface area (Å²) in [4.78, 5) is 19.4. The van der Waals surface area contributed by atoms with Gasteiger partial charge in [-0.05, 0) is 55.7 Å². The summed E-state index contributed by atoms with van der Waals surface area (Å²) in [7, 11) is -3.54. The molecular weight excluding hydrogens is 428 g/mol. The molecule has 1 atom stereocenters. The number of pyridine rings is 1. The van der Waals surface area contributed by atoms with E-state index in [9.17, 15) is 13.2 Å². The molecule has 9 heteroatoms. The molecule has 32 heavy (non-hydrogen) atoms. The normalized spacial score (nSPS) is 20.2. The first-order chi connectivity index (χ1) is 15.4. The number of amides is 1. The maximum atomic E-state index is 12.9. The van der Waals surface area contributed by atoms with Crippen molar-refractivity contribution in [3.05, 3.63) is 53.7 Å². The van der Waals surface area contributed by atoms with Gasteiger partial charge in [0.1, 0.15) is 5.82 Å². The zero-order valence-electron chi connectivity index (χ0n) is 18.4. The second-order valence-electron chi connectivity index (χ2n) is 8.29. The number of carbonyl (C=O) groups is 1. The van der Waals surface area contributed by atoms with Crippen molar-refractivity contribution in [1.82, 2.24) is 14.6 Å². The van der Waals surface area contributed by atoms with Gasteiger partial charge >= 0.3 is 0 Å². The average molecular weight is 459 g/mol. The highest BCUT2D eigenvalue weighted by Crippen LogP contribution is 2.25. The SMILES string of the molecule is C[C@@H]1CCCCN1S(=O)(=O)c1ccc(C(=O)NCc2ccc(N3CCOCC3)nc2)cc1. The number of anilines is 1. The summed E-state index contributed by atoms with van der Waals surface area (Å²) in [5.74, 6) is 0.653. The van der Waals surface area contributed by atoms with Gasteiger partial charge in [-0.3, -0.25) is 4.79 Å². The Kier molecular flexibility index (Phi) is 7.07. The Labute approximate surface area is 189 Å². The number of benzene rings is 1. The number of sulfonamides is 1. The fourth-order valence-electron chi connectivity index (χ4n) is 4.13. The number of aromatic nitrogens is 1. The molecule has 2 saturated heterocycles. The molecule has 2 aliphatic heterocycles. The summed E-state index contributed by atoms with van der Waals surface area (Å²) in [6.45, 7) is 5.90. The highest BCUT2D eigenvalue weighted by molar-refractivity contribution is 7.89. The molecular formula is C23H30N4O4S. The van der Waals surface area contributed by atoms with Crippen molar-refractivity contribution in [2.75, 3.05) is 37.7 Å². The molecule has 0 saturated carbocycles. The Morgan fingerprint density at radius 1 is 1.09 bits per heavy atom. The molecule has 8 nitrogen and oxygen atoms in total. The van der Waals surface area contributed by atoms with E-state index < -0.39 is 10.0 Å². The predicted octanol–water partition coefficient (Wildman–Crippen LogP) is 2.41. The third-order valence-corrected chi connectivity index (χ3v) is 8.09. The fourth-order valence-corrected chi connectivity index (χ4v) is 5.83. The number of carbonyl (C=O) groups excluding carboxylic acids is 1. The smallest absolute Gasteiger partial charge is 0.251 e. The molecule has 4 rings (SSSR count). The van der Waals surface area contributed by atoms with E-state index in [4.69, 9.17) is 4.74 Å². The van der Waals surface area contributed by atoms with Gasteiger partial charge in [-0.15, -0.1) is 0 Å². The topological polar surface area (TPSA) is 91.8 Å². The van der Waals surface area contributed by atoms with Gasteiger partial charge in [0.15, 0.2) is 0 Å². The molecule has 2 aromatic rings. The summed E-state index contributed by atoms with van der Waals surface area (Å²) < 4.78 is 32.8. The van der Waals surface area contributed by atoms with Crippen LogP contribution >= 0.6 is 0 Å². The Morgan fingerprint density at radius 2 is 1.84 bits per heavy atom. The summed E-state index contributed by atoms with van der Waals surface area (Å²) in [5.41, 5.74) is 1.32. The predicted molar refractivity (Wildman–Crippen MR) is 122 cm³/mol. The zero-order valence-corrected chi connectivity index (χ0v) is 19.2. The molecule has 0 unspecified atom stereocenters. The second kappa shape index (κ2) is 9.97. The number of hydrogen-bond donors (Lipinski definition) is 1. The van der Waals surface area contributed by atoms with E-state index in [1.165, 1.54) is 12.1 Å². The van der Waals surface area contributed by atoms with Crippen LogP contribution in [-0.2, 0) is 21.3 Å². The van der Waals surface area contributed by atoms with E-state index in [0.717, 1.165) is 43.7 Å². The molecule has 2 fully saturated rings. The van der Waals surface area contributed by atoms with Crippen LogP contribution in [0.15, 0.2) is 47.5 Å². The highest BCUT2D eigenvalue weighted by atomic mass is 32.2. The molecule has 1 aromatic heterocycles. The van der Waals surface area contributed by atoms with E-state index in [2.05, 4.69) is 15.2 Å². The minimum atomic E-state index is -3.54. The van der Waals surface area contributed by atoms with Crippen molar-refractivity contribution < 1.29 is 17.9 Å². The van der Waals surface area contributed by atoms with Gasteiger partial charge in [-0.2, -0.15) is 4.31 Å². The van der Waals surface area contributed by atoms with Gasteiger partial charge in [0.05, 0.1) is 18.1 Å². The molecule has 0 aliphatic carbocycles. The minimum absolute atomic E-state index is 0.0000281. The van der Waals surface area contributed by atoms with E-state index in [-0.39, 0.29) is 16.8 Å². The van der Waals surface area contributed by atoms with Crippen molar-refractivity contribution in [1.29, 1.82) is 0 Å². The van der Waals surface area contributed by atoms with E-state index in [0.29, 0.717) is 31.9 Å². The number of ether oxygens (including phenoxy) is 1. The molecule has 2 aliphatic rings. The molecule has 0 spiro atoms. The lowest BCUT2D eigenvalue weighted by atomic mass is 10.1. The van der Waals surface area contributed by atoms with E-state index in [1.807, 2.05) is 19.1 Å². The monoisotopic (exact) mass is 458 g/mol. The lowest BCUT2D eigenvalue weighted by Gasteiger charge is -2.32. The molecule has 1 N–H and O–H groups in total. The van der Waals surface area contributed by atoms with Gasteiger partial charge in [-0.1, -0.05) is 12.5 Å². The summed E-state index contributed by atoms with van der Waals surface area (Å²) >= 11 is 0. The van der Waals surface area contributed by atoms with E-state index in [1.54, 1.807) is 22.6 Å². The van der Waals surface area contributed by atoms with E-state index >= 15 is 0 Å². The summed E-state index contributed by atoms with van der Waals surface area (Å²) in [6.07, 6.45) is 4.58. The molecule has 0 bridgehead atoms. The largest absolute Gasteiger partial charge is 0.378 e. The first kappa shape index (κ1) is 22.7. The third-order valence-electron chi connectivity index (χ3n) is 6.06. The lowest BCUT2D eigenvalue weighted by Crippen LogP contribution is -2.41. The van der Waals surface area contributed by atoms with Crippen LogP contribution in [0.25, 0.3) is 0 Å². The summed E-state index contributed by atoms with van der Waals surface area (Å²) in [5, 5.41) is 2.87. The first-order valence-corrected chi connectivity index (χ1v) is 12.6. The lowest BCUT2D eigenvalue weighted by molar-refractivity contribution is 0.0950. The van der Waals surface area contributed by atoms with Crippen LogP contribution in [0, 0.1) is 0 Å². The maximum absolute atomic E-state index is 12.9. The summed E-state index contributed by atoms with van der Waals surface area (Å²) in [6, 6.07) is 10.1. The second-order valence-corrected chi connectivity index (χ2v) is 10.2. The highest BCUT2D eigenvalue weighted by Gasteiger charge is 2.30. The average Bonchev–Trinajstić information content (AvgIpc) is 2.83. The quantitative estimate of drug-likeness (QED) is 0.715. The Hall–Kier alpha value is -2.49. The van der Waals surface area contributed by atoms with Gasteiger partial charge in [-0.25, -0.2) is 13.4 Å². The molecule has 3 heterocycles. The van der Waals surface area contributed by atoms with Crippen LogP contribution in [0.1, 0.15) is 42.1 Å². The minimum Gasteiger partial charge on any atom is -0.378 e.